The predicted molar refractivity (Wildman–Crippen MR) is 111 cm³/mol. The standard InChI is InChI=1S/C23H23N3O4/c24-14-11-20(27)26-19-9-7-17(8-10-19)22(29)30-15-21(28)25-16-23(12-4-13-23)18-5-2-1-3-6-18/h1-3,5-10H,4,11-13,15-16H2,(H,25,28)(H,26,27). The number of hydrogen-bond donors (Lipinski definition) is 2. The van der Waals surface area contributed by atoms with E-state index in [1.54, 1.807) is 6.07 Å². The summed E-state index contributed by atoms with van der Waals surface area (Å²) >= 11 is 0. The summed E-state index contributed by atoms with van der Waals surface area (Å²) < 4.78 is 5.09. The van der Waals surface area contributed by atoms with Crippen LogP contribution in [0.5, 0.6) is 0 Å². The molecule has 3 rings (SSSR count). The molecule has 7 heteroatoms. The Kier molecular flexibility index (Phi) is 6.81. The average molecular weight is 405 g/mol. The molecule has 1 fully saturated rings. The van der Waals surface area contributed by atoms with Crippen LogP contribution < -0.4 is 10.6 Å². The van der Waals surface area contributed by atoms with Gasteiger partial charge in [0.2, 0.25) is 5.91 Å². The van der Waals surface area contributed by atoms with Crippen LogP contribution >= 0.6 is 0 Å². The SMILES string of the molecule is N#CCC(=O)Nc1ccc(C(=O)OCC(=O)NCC2(c3ccccc3)CCC2)cc1. The summed E-state index contributed by atoms with van der Waals surface area (Å²) in [5.74, 6) is -1.39. The number of rotatable bonds is 8. The molecule has 1 saturated carbocycles. The summed E-state index contributed by atoms with van der Waals surface area (Å²) in [6, 6.07) is 17.9. The Morgan fingerprint density at radius 1 is 1.00 bits per heavy atom. The fourth-order valence-corrected chi connectivity index (χ4v) is 3.46. The first-order chi connectivity index (χ1) is 14.5. The normalized spacial score (nSPS) is 14.0. The Balaban J connectivity index is 1.46. The minimum atomic E-state index is -0.624. The third-order valence-electron chi connectivity index (χ3n) is 5.30. The molecule has 0 atom stereocenters. The molecule has 154 valence electrons. The second-order valence-corrected chi connectivity index (χ2v) is 7.31. The molecule has 0 aliphatic heterocycles. The van der Waals surface area contributed by atoms with Gasteiger partial charge in [0.05, 0.1) is 11.6 Å². The third-order valence-corrected chi connectivity index (χ3v) is 5.30. The van der Waals surface area contributed by atoms with Crippen molar-refractivity contribution in [2.24, 2.45) is 0 Å². The van der Waals surface area contributed by atoms with Gasteiger partial charge in [0.25, 0.3) is 5.91 Å². The van der Waals surface area contributed by atoms with E-state index < -0.39 is 11.9 Å². The van der Waals surface area contributed by atoms with Crippen molar-refractivity contribution in [1.82, 2.24) is 5.32 Å². The van der Waals surface area contributed by atoms with Crippen molar-refractivity contribution in [3.05, 3.63) is 65.7 Å². The summed E-state index contributed by atoms with van der Waals surface area (Å²) in [4.78, 5) is 35.7. The predicted octanol–water partition coefficient (Wildman–Crippen LogP) is 2.93. The Morgan fingerprint density at radius 2 is 1.70 bits per heavy atom. The maximum atomic E-state index is 12.2. The Bertz CT molecular complexity index is 945. The van der Waals surface area contributed by atoms with Crippen molar-refractivity contribution in [1.29, 1.82) is 5.26 Å². The van der Waals surface area contributed by atoms with Crippen LogP contribution in [-0.4, -0.2) is 30.9 Å². The summed E-state index contributed by atoms with van der Waals surface area (Å²) in [7, 11) is 0. The van der Waals surface area contributed by atoms with Crippen LogP contribution in [0.4, 0.5) is 5.69 Å². The number of nitriles is 1. The molecule has 1 aliphatic carbocycles. The first-order valence-electron chi connectivity index (χ1n) is 9.79. The van der Waals surface area contributed by atoms with Gasteiger partial charge in [-0.25, -0.2) is 4.79 Å². The first kappa shape index (κ1) is 21.1. The van der Waals surface area contributed by atoms with E-state index >= 15 is 0 Å². The van der Waals surface area contributed by atoms with E-state index in [2.05, 4.69) is 22.8 Å². The molecule has 0 radical (unpaired) electrons. The van der Waals surface area contributed by atoms with Gasteiger partial charge < -0.3 is 15.4 Å². The number of amides is 2. The average Bonchev–Trinajstić information content (AvgIpc) is 2.72. The van der Waals surface area contributed by atoms with Crippen LogP contribution in [0.3, 0.4) is 0 Å². The van der Waals surface area contributed by atoms with Crippen LogP contribution in [0.15, 0.2) is 54.6 Å². The molecular weight excluding hydrogens is 382 g/mol. The number of carbonyl (C=O) groups excluding carboxylic acids is 3. The fourth-order valence-electron chi connectivity index (χ4n) is 3.46. The van der Waals surface area contributed by atoms with Gasteiger partial charge in [0.15, 0.2) is 6.61 Å². The zero-order valence-electron chi connectivity index (χ0n) is 16.5. The number of nitrogens with one attached hydrogen (secondary N) is 2. The molecule has 30 heavy (non-hydrogen) atoms. The lowest BCUT2D eigenvalue weighted by atomic mass is 9.64. The van der Waals surface area contributed by atoms with Crippen LogP contribution in [0.1, 0.15) is 41.6 Å². The van der Waals surface area contributed by atoms with E-state index in [-0.39, 0.29) is 29.9 Å². The van der Waals surface area contributed by atoms with Gasteiger partial charge in [-0.05, 0) is 42.7 Å². The molecule has 0 aromatic heterocycles. The van der Waals surface area contributed by atoms with Gasteiger partial charge in [0, 0.05) is 17.6 Å². The zero-order valence-corrected chi connectivity index (χ0v) is 16.5. The number of esters is 1. The van der Waals surface area contributed by atoms with E-state index in [1.807, 2.05) is 18.2 Å². The van der Waals surface area contributed by atoms with E-state index in [9.17, 15) is 14.4 Å². The van der Waals surface area contributed by atoms with Crippen LogP contribution in [0.2, 0.25) is 0 Å². The van der Waals surface area contributed by atoms with Crippen molar-refractivity contribution in [2.45, 2.75) is 31.1 Å². The number of ether oxygens (including phenoxy) is 1. The largest absolute Gasteiger partial charge is 0.452 e. The van der Waals surface area contributed by atoms with E-state index in [0.717, 1.165) is 19.3 Å². The Hall–Kier alpha value is -3.66. The Morgan fingerprint density at radius 3 is 2.30 bits per heavy atom. The molecule has 0 saturated heterocycles. The quantitative estimate of drug-likeness (QED) is 0.657. The van der Waals surface area contributed by atoms with Gasteiger partial charge in [-0.15, -0.1) is 0 Å². The molecule has 7 nitrogen and oxygen atoms in total. The maximum absolute atomic E-state index is 12.2. The lowest BCUT2D eigenvalue weighted by Crippen LogP contribution is -2.46. The topological polar surface area (TPSA) is 108 Å². The van der Waals surface area contributed by atoms with Crippen LogP contribution in [0, 0.1) is 11.3 Å². The lowest BCUT2D eigenvalue weighted by Gasteiger charge is -2.42. The fraction of sp³-hybridized carbons (Fsp3) is 0.304. The molecular formula is C23H23N3O4. The smallest absolute Gasteiger partial charge is 0.338 e. The third kappa shape index (κ3) is 5.23. The van der Waals surface area contributed by atoms with Gasteiger partial charge >= 0.3 is 5.97 Å². The second kappa shape index (κ2) is 9.70. The molecule has 0 heterocycles. The van der Waals surface area contributed by atoms with Crippen LogP contribution in [0.25, 0.3) is 0 Å². The monoisotopic (exact) mass is 405 g/mol. The van der Waals surface area contributed by atoms with Gasteiger partial charge in [-0.1, -0.05) is 36.8 Å². The molecule has 2 aromatic rings. The highest BCUT2D eigenvalue weighted by Gasteiger charge is 2.38. The summed E-state index contributed by atoms with van der Waals surface area (Å²) in [6.45, 7) is 0.162. The highest BCUT2D eigenvalue weighted by molar-refractivity contribution is 5.94. The summed E-state index contributed by atoms with van der Waals surface area (Å²) in [5.41, 5.74) is 1.92. The molecule has 0 spiro atoms. The molecule has 1 aliphatic rings. The minimum absolute atomic E-state index is 0.0350. The lowest BCUT2D eigenvalue weighted by molar-refractivity contribution is -0.124. The first-order valence-corrected chi connectivity index (χ1v) is 9.79. The number of carbonyl (C=O) groups is 3. The second-order valence-electron chi connectivity index (χ2n) is 7.31. The molecule has 2 amide bonds. The zero-order chi connectivity index (χ0) is 21.4. The van der Waals surface area contributed by atoms with E-state index in [1.165, 1.54) is 29.8 Å². The Labute approximate surface area is 175 Å². The van der Waals surface area contributed by atoms with Gasteiger partial charge in [-0.3, -0.25) is 9.59 Å². The number of hydrogen-bond acceptors (Lipinski definition) is 5. The van der Waals surface area contributed by atoms with Crippen molar-refractivity contribution in [2.75, 3.05) is 18.5 Å². The highest BCUT2D eigenvalue weighted by Crippen LogP contribution is 2.43. The number of nitrogens with zero attached hydrogens (tertiary/aromatic N) is 1. The van der Waals surface area contributed by atoms with Crippen molar-refractivity contribution < 1.29 is 19.1 Å². The van der Waals surface area contributed by atoms with Gasteiger partial charge in [-0.2, -0.15) is 5.26 Å². The number of anilines is 1. The molecule has 0 unspecified atom stereocenters. The van der Waals surface area contributed by atoms with Crippen molar-refractivity contribution >= 4 is 23.5 Å². The number of benzene rings is 2. The van der Waals surface area contributed by atoms with E-state index in [4.69, 9.17) is 10.00 Å². The van der Waals surface area contributed by atoms with Crippen molar-refractivity contribution in [3.63, 3.8) is 0 Å². The molecule has 2 N–H and O–H groups in total. The maximum Gasteiger partial charge on any atom is 0.338 e. The van der Waals surface area contributed by atoms with Crippen molar-refractivity contribution in [3.8, 4) is 6.07 Å². The van der Waals surface area contributed by atoms with Gasteiger partial charge in [0.1, 0.15) is 6.42 Å². The van der Waals surface area contributed by atoms with Crippen LogP contribution in [-0.2, 0) is 19.7 Å². The minimum Gasteiger partial charge on any atom is -0.452 e. The van der Waals surface area contributed by atoms with E-state index in [0.29, 0.717) is 12.2 Å². The molecule has 0 bridgehead atoms. The summed E-state index contributed by atoms with van der Waals surface area (Å²) in [6.07, 6.45) is 2.93. The highest BCUT2D eigenvalue weighted by atomic mass is 16.5. The summed E-state index contributed by atoms with van der Waals surface area (Å²) in [5, 5.41) is 13.9. The molecule has 2 aromatic carbocycles.